The van der Waals surface area contributed by atoms with Crippen molar-refractivity contribution in [3.8, 4) is 0 Å². The topological polar surface area (TPSA) is 92.1 Å². The van der Waals surface area contributed by atoms with E-state index < -0.39 is 15.9 Å². The van der Waals surface area contributed by atoms with Crippen molar-refractivity contribution < 1.29 is 13.2 Å². The number of fused-ring (bicyclic) bond motifs is 1. The molecule has 6 rings (SSSR count). The van der Waals surface area contributed by atoms with Crippen LogP contribution in [0.2, 0.25) is 0 Å². The first-order chi connectivity index (χ1) is 19.2. The monoisotopic (exact) mass is 594 g/mol. The average Bonchev–Trinajstić information content (AvgIpc) is 3.43. The number of carbonyl (C=O) groups excluding carboxylic acids is 1. The lowest BCUT2D eigenvalue weighted by Gasteiger charge is -2.33. The van der Waals surface area contributed by atoms with E-state index in [2.05, 4.69) is 29.2 Å². The van der Waals surface area contributed by atoms with Gasteiger partial charge in [0.1, 0.15) is 15.8 Å². The van der Waals surface area contributed by atoms with Gasteiger partial charge in [0.15, 0.2) is 9.84 Å². The molecule has 0 saturated carbocycles. The molecule has 0 bridgehead atoms. The Labute approximate surface area is 243 Å². The molecule has 2 aromatic heterocycles. The van der Waals surface area contributed by atoms with Gasteiger partial charge in [0.25, 0.3) is 11.5 Å². The first kappa shape index (κ1) is 27.2. The first-order valence-corrected chi connectivity index (χ1v) is 16.5. The highest BCUT2D eigenvalue weighted by atomic mass is 32.2. The normalized spacial score (nSPS) is 22.6. The van der Waals surface area contributed by atoms with Crippen LogP contribution in [0.5, 0.6) is 0 Å². The lowest BCUT2D eigenvalue weighted by atomic mass is 9.90. The van der Waals surface area contributed by atoms with Gasteiger partial charge in [-0.15, -0.1) is 0 Å². The van der Waals surface area contributed by atoms with Crippen LogP contribution in [0.4, 0.5) is 5.82 Å². The smallest absolute Gasteiger partial charge is 0.267 e. The highest BCUT2D eigenvalue weighted by molar-refractivity contribution is 8.26. The Morgan fingerprint density at radius 2 is 1.82 bits per heavy atom. The molecule has 1 atom stereocenters. The molecule has 40 heavy (non-hydrogen) atoms. The number of thiocarbonyl (C=S) groups is 1. The third kappa shape index (κ3) is 5.22. The second-order valence-corrected chi connectivity index (χ2v) is 14.7. The van der Waals surface area contributed by atoms with Crippen LogP contribution in [0.15, 0.2) is 58.4 Å². The quantitative estimate of drug-likeness (QED) is 0.325. The number of amides is 1. The zero-order valence-corrected chi connectivity index (χ0v) is 24.6. The minimum Gasteiger partial charge on any atom is -0.356 e. The number of thioether (sulfide) groups is 1. The maximum atomic E-state index is 13.9. The van der Waals surface area contributed by atoms with Gasteiger partial charge in [-0.1, -0.05) is 60.4 Å². The number of hydrogen-bond donors (Lipinski definition) is 0. The number of carbonyl (C=O) groups is 1. The lowest BCUT2D eigenvalue weighted by Crippen LogP contribution is -2.39. The van der Waals surface area contributed by atoms with Gasteiger partial charge < -0.3 is 4.90 Å². The molecule has 3 saturated heterocycles. The Hall–Kier alpha value is -3.02. The maximum absolute atomic E-state index is 13.9. The number of nitrogens with zero attached hydrogens (tertiary/aromatic N) is 4. The molecule has 0 aliphatic carbocycles. The largest absolute Gasteiger partial charge is 0.356 e. The van der Waals surface area contributed by atoms with Crippen molar-refractivity contribution >= 4 is 61.6 Å². The molecule has 1 aromatic carbocycles. The number of aromatic nitrogens is 2. The number of anilines is 1. The molecule has 3 aromatic rings. The number of rotatable bonds is 5. The molecule has 0 N–H and O–H groups in total. The Bertz CT molecular complexity index is 1690. The number of piperidine rings is 1. The molecule has 3 aliphatic heterocycles. The van der Waals surface area contributed by atoms with Gasteiger partial charge in [-0.2, -0.15) is 0 Å². The minimum atomic E-state index is -3.19. The third-order valence-electron chi connectivity index (χ3n) is 8.02. The van der Waals surface area contributed by atoms with E-state index >= 15 is 0 Å². The van der Waals surface area contributed by atoms with Crippen molar-refractivity contribution in [3.05, 3.63) is 80.6 Å². The Balaban J connectivity index is 1.34. The molecule has 1 unspecified atom stereocenters. The number of pyridine rings is 1. The van der Waals surface area contributed by atoms with E-state index in [0.29, 0.717) is 38.6 Å². The number of aryl methyl sites for hydroxylation is 1. The van der Waals surface area contributed by atoms with Crippen molar-refractivity contribution in [2.45, 2.75) is 38.6 Å². The summed E-state index contributed by atoms with van der Waals surface area (Å²) in [6.45, 7) is 3.44. The summed E-state index contributed by atoms with van der Waals surface area (Å²) < 4.78 is 26.0. The summed E-state index contributed by atoms with van der Waals surface area (Å²) >= 11 is 6.61. The number of sulfone groups is 1. The fourth-order valence-corrected chi connectivity index (χ4v) is 8.95. The molecule has 0 radical (unpaired) electrons. The molecule has 11 heteroatoms. The van der Waals surface area contributed by atoms with Crippen LogP contribution in [0.3, 0.4) is 0 Å². The zero-order chi connectivity index (χ0) is 28.0. The summed E-state index contributed by atoms with van der Waals surface area (Å²) in [4.78, 5) is 36.2. The number of hydrogen-bond acceptors (Lipinski definition) is 8. The van der Waals surface area contributed by atoms with Crippen LogP contribution in [0, 0.1) is 12.8 Å². The van der Waals surface area contributed by atoms with Gasteiger partial charge in [0.2, 0.25) is 0 Å². The summed E-state index contributed by atoms with van der Waals surface area (Å²) in [5, 5.41) is 0. The van der Waals surface area contributed by atoms with Crippen molar-refractivity contribution in [1.29, 1.82) is 0 Å². The lowest BCUT2D eigenvalue weighted by molar-refractivity contribution is -0.123. The summed E-state index contributed by atoms with van der Waals surface area (Å²) in [7, 11) is -3.19. The van der Waals surface area contributed by atoms with Gasteiger partial charge in [-0.05, 0) is 61.8 Å². The van der Waals surface area contributed by atoms with Crippen molar-refractivity contribution in [2.75, 3.05) is 29.5 Å². The summed E-state index contributed by atoms with van der Waals surface area (Å²) in [6.07, 6.45) is 6.64. The fourth-order valence-electron chi connectivity index (χ4n) is 5.87. The van der Waals surface area contributed by atoms with E-state index in [-0.39, 0.29) is 23.0 Å². The van der Waals surface area contributed by atoms with E-state index in [0.717, 1.165) is 49.7 Å². The van der Waals surface area contributed by atoms with Gasteiger partial charge in [-0.25, -0.2) is 13.4 Å². The van der Waals surface area contributed by atoms with Gasteiger partial charge >= 0.3 is 0 Å². The second kappa shape index (κ2) is 10.8. The predicted molar refractivity (Wildman–Crippen MR) is 163 cm³/mol. The van der Waals surface area contributed by atoms with Gasteiger partial charge in [0, 0.05) is 19.3 Å². The Kier molecular flexibility index (Phi) is 7.30. The highest BCUT2D eigenvalue weighted by Crippen LogP contribution is 2.37. The predicted octanol–water partition coefficient (Wildman–Crippen LogP) is 3.85. The van der Waals surface area contributed by atoms with Crippen LogP contribution >= 0.6 is 24.0 Å². The molecule has 3 aliphatic rings. The van der Waals surface area contributed by atoms with Crippen LogP contribution in [-0.4, -0.2) is 63.6 Å². The van der Waals surface area contributed by atoms with Crippen LogP contribution in [0.25, 0.3) is 11.7 Å². The molecule has 1 amide bonds. The SMILES string of the molecule is Cc1cccn2c(=O)c(/C=C3/SC(=S)N(C4CCS(=O)(=O)C4)C3=O)c(N3CCC(Cc4ccccc4)CC3)nc12. The average molecular weight is 595 g/mol. The molecule has 0 spiro atoms. The summed E-state index contributed by atoms with van der Waals surface area (Å²) in [6, 6.07) is 13.8. The van der Waals surface area contributed by atoms with Crippen molar-refractivity contribution in [1.82, 2.24) is 14.3 Å². The van der Waals surface area contributed by atoms with Crippen molar-refractivity contribution in [2.24, 2.45) is 5.92 Å². The van der Waals surface area contributed by atoms with Crippen LogP contribution < -0.4 is 10.5 Å². The first-order valence-electron chi connectivity index (χ1n) is 13.5. The fraction of sp³-hybridized carbons (Fsp3) is 0.379. The highest BCUT2D eigenvalue weighted by Gasteiger charge is 2.42. The molecule has 208 valence electrons. The summed E-state index contributed by atoms with van der Waals surface area (Å²) in [5.41, 5.74) is 2.92. The third-order valence-corrected chi connectivity index (χ3v) is 11.1. The van der Waals surface area contributed by atoms with Crippen molar-refractivity contribution in [3.63, 3.8) is 0 Å². The van der Waals surface area contributed by atoms with Crippen LogP contribution in [0.1, 0.15) is 36.0 Å². The zero-order valence-electron chi connectivity index (χ0n) is 22.2. The molecular formula is C29H30N4O4S3. The molecular weight excluding hydrogens is 565 g/mol. The summed E-state index contributed by atoms with van der Waals surface area (Å²) in [5.74, 6) is 0.733. The Morgan fingerprint density at radius 1 is 1.07 bits per heavy atom. The van der Waals surface area contributed by atoms with E-state index in [1.165, 1.54) is 14.9 Å². The van der Waals surface area contributed by atoms with Gasteiger partial charge in [0.05, 0.1) is 28.0 Å². The molecule has 5 heterocycles. The minimum absolute atomic E-state index is 0.0491. The molecule has 8 nitrogen and oxygen atoms in total. The number of benzene rings is 1. The Morgan fingerprint density at radius 3 is 2.52 bits per heavy atom. The van der Waals surface area contributed by atoms with Crippen LogP contribution in [-0.2, 0) is 21.1 Å². The van der Waals surface area contributed by atoms with E-state index in [1.54, 1.807) is 12.3 Å². The standard InChI is InChI=1S/C29H30N4O4S3/c1-19-6-5-12-32-25(19)30-26(31-13-9-21(10-14-31)16-20-7-3-2-4-8-20)23(27(32)34)17-24-28(35)33(29(38)39-24)22-11-15-40(36,37)18-22/h2-8,12,17,21-22H,9-11,13-16,18H2,1H3/b24-17+. The van der Waals surface area contributed by atoms with E-state index in [9.17, 15) is 18.0 Å². The van der Waals surface area contributed by atoms with E-state index in [1.807, 2.05) is 25.1 Å². The van der Waals surface area contributed by atoms with Gasteiger partial charge in [-0.3, -0.25) is 18.9 Å². The maximum Gasteiger partial charge on any atom is 0.267 e. The molecule has 3 fully saturated rings. The van der Waals surface area contributed by atoms with E-state index in [4.69, 9.17) is 17.2 Å². The second-order valence-electron chi connectivity index (χ2n) is 10.8.